The van der Waals surface area contributed by atoms with E-state index in [0.29, 0.717) is 52.4 Å². The first kappa shape index (κ1) is 27.8. The SMILES string of the molecule is CC[C@H](c1nc2cc(Cl)ccc2c(=O)n1Nc1ccccc1)N(CCCN)S(=O)(=O)c1c(C)nn(C)c1C. The number of hydrogen-bond acceptors (Lipinski definition) is 7. The van der Waals surface area contributed by atoms with Crippen molar-refractivity contribution in [3.63, 3.8) is 0 Å². The molecule has 0 unspecified atom stereocenters. The van der Waals surface area contributed by atoms with Crippen molar-refractivity contribution in [3.05, 3.63) is 81.1 Å². The van der Waals surface area contributed by atoms with Crippen LogP contribution in [0.15, 0.2) is 58.2 Å². The third-order valence-electron chi connectivity index (χ3n) is 6.50. The van der Waals surface area contributed by atoms with Crippen molar-refractivity contribution in [1.82, 2.24) is 23.7 Å². The van der Waals surface area contributed by atoms with Gasteiger partial charge < -0.3 is 5.73 Å². The molecule has 0 bridgehead atoms. The van der Waals surface area contributed by atoms with Crippen LogP contribution < -0.4 is 16.7 Å². The smallest absolute Gasteiger partial charge is 0.280 e. The molecule has 0 radical (unpaired) electrons. The average molecular weight is 558 g/mol. The fourth-order valence-electron chi connectivity index (χ4n) is 4.60. The largest absolute Gasteiger partial charge is 0.330 e. The van der Waals surface area contributed by atoms with E-state index in [4.69, 9.17) is 22.3 Å². The van der Waals surface area contributed by atoms with E-state index in [1.165, 1.54) is 8.98 Å². The summed E-state index contributed by atoms with van der Waals surface area (Å²) in [5.41, 5.74) is 10.5. The topological polar surface area (TPSA) is 128 Å². The molecule has 0 fully saturated rings. The van der Waals surface area contributed by atoms with Crippen molar-refractivity contribution < 1.29 is 8.42 Å². The molecule has 2 heterocycles. The molecule has 10 nitrogen and oxygen atoms in total. The van der Waals surface area contributed by atoms with Gasteiger partial charge in [0.1, 0.15) is 4.90 Å². The van der Waals surface area contributed by atoms with Gasteiger partial charge in [-0.3, -0.25) is 14.9 Å². The molecular weight excluding hydrogens is 526 g/mol. The quantitative estimate of drug-likeness (QED) is 0.304. The van der Waals surface area contributed by atoms with Gasteiger partial charge in [0.05, 0.1) is 34.0 Å². The summed E-state index contributed by atoms with van der Waals surface area (Å²) >= 11 is 6.23. The molecule has 4 aromatic rings. The first-order valence-electron chi connectivity index (χ1n) is 12.4. The predicted molar refractivity (Wildman–Crippen MR) is 150 cm³/mol. The molecule has 0 saturated heterocycles. The van der Waals surface area contributed by atoms with E-state index >= 15 is 0 Å². The number of anilines is 1. The molecule has 12 heteroatoms. The van der Waals surface area contributed by atoms with Crippen molar-refractivity contribution in [1.29, 1.82) is 0 Å². The minimum Gasteiger partial charge on any atom is -0.330 e. The Morgan fingerprint density at radius 2 is 1.87 bits per heavy atom. The highest BCUT2D eigenvalue weighted by atomic mass is 35.5. The van der Waals surface area contributed by atoms with Gasteiger partial charge in [-0.15, -0.1) is 0 Å². The molecule has 0 saturated carbocycles. The van der Waals surface area contributed by atoms with E-state index < -0.39 is 16.1 Å². The van der Waals surface area contributed by atoms with Crippen molar-refractivity contribution in [2.45, 2.75) is 44.6 Å². The highest BCUT2D eigenvalue weighted by molar-refractivity contribution is 7.89. The highest BCUT2D eigenvalue weighted by Gasteiger charge is 2.37. The summed E-state index contributed by atoms with van der Waals surface area (Å²) in [5.74, 6) is 0.246. The summed E-state index contributed by atoms with van der Waals surface area (Å²) in [5, 5.41) is 5.10. The average Bonchev–Trinajstić information content (AvgIpc) is 3.15. The van der Waals surface area contributed by atoms with Crippen LogP contribution in [0, 0.1) is 13.8 Å². The van der Waals surface area contributed by atoms with E-state index in [2.05, 4.69) is 10.5 Å². The maximum Gasteiger partial charge on any atom is 0.280 e. The molecule has 202 valence electrons. The second-order valence-corrected chi connectivity index (χ2v) is 11.3. The maximum absolute atomic E-state index is 14.2. The molecular formula is C26H32ClN7O3S. The standard InChI is InChI=1S/C26H32ClN7O3S/c1-5-23(33(15-9-14-28)38(36,37)24-17(2)30-32(4)18(24)3)25-29-22-16-19(27)12-13-21(22)26(35)34(25)31-20-10-7-6-8-11-20/h6-8,10-13,16,23,31H,5,9,14-15,28H2,1-4H3/t23-/m1/s1. The van der Waals surface area contributed by atoms with Gasteiger partial charge in [0.15, 0.2) is 5.82 Å². The van der Waals surface area contributed by atoms with Gasteiger partial charge in [-0.25, -0.2) is 18.1 Å². The van der Waals surface area contributed by atoms with E-state index in [9.17, 15) is 13.2 Å². The minimum atomic E-state index is -4.05. The Morgan fingerprint density at radius 1 is 1.16 bits per heavy atom. The van der Waals surface area contributed by atoms with E-state index in [-0.39, 0.29) is 22.8 Å². The Morgan fingerprint density at radius 3 is 2.47 bits per heavy atom. The number of nitrogens with zero attached hydrogens (tertiary/aromatic N) is 5. The van der Waals surface area contributed by atoms with E-state index in [0.717, 1.165) is 0 Å². The number of nitrogens with two attached hydrogens (primary N) is 1. The van der Waals surface area contributed by atoms with Gasteiger partial charge in [0.2, 0.25) is 10.0 Å². The molecule has 0 aliphatic carbocycles. The summed E-state index contributed by atoms with van der Waals surface area (Å²) in [7, 11) is -2.34. The zero-order valence-corrected chi connectivity index (χ0v) is 23.4. The van der Waals surface area contributed by atoms with Crippen molar-refractivity contribution in [2.24, 2.45) is 12.8 Å². The van der Waals surface area contributed by atoms with Gasteiger partial charge in [0.25, 0.3) is 5.56 Å². The van der Waals surface area contributed by atoms with Crippen LogP contribution in [0.3, 0.4) is 0 Å². The minimum absolute atomic E-state index is 0.139. The Labute approximate surface area is 227 Å². The fraction of sp³-hybridized carbons (Fsp3) is 0.346. The number of rotatable bonds is 10. The van der Waals surface area contributed by atoms with Gasteiger partial charge in [-0.2, -0.15) is 9.40 Å². The van der Waals surface area contributed by atoms with Gasteiger partial charge >= 0.3 is 0 Å². The zero-order valence-electron chi connectivity index (χ0n) is 21.8. The molecule has 0 spiro atoms. The number of aryl methyl sites for hydroxylation is 2. The van der Waals surface area contributed by atoms with Gasteiger partial charge in [-0.1, -0.05) is 36.7 Å². The summed E-state index contributed by atoms with van der Waals surface area (Å²) < 4.78 is 32.7. The summed E-state index contributed by atoms with van der Waals surface area (Å²) in [6, 6.07) is 13.2. The lowest BCUT2D eigenvalue weighted by atomic mass is 10.1. The molecule has 3 N–H and O–H groups in total. The predicted octanol–water partition coefficient (Wildman–Crippen LogP) is 3.77. The highest BCUT2D eigenvalue weighted by Crippen LogP contribution is 2.33. The van der Waals surface area contributed by atoms with Crippen LogP contribution in [0.25, 0.3) is 10.9 Å². The number of hydrogen-bond donors (Lipinski definition) is 2. The second kappa shape index (κ2) is 11.2. The molecule has 0 aliphatic rings. The number of sulfonamides is 1. The van der Waals surface area contributed by atoms with Crippen LogP contribution in [0.2, 0.25) is 5.02 Å². The van der Waals surface area contributed by atoms with E-state index in [1.54, 1.807) is 43.8 Å². The molecule has 38 heavy (non-hydrogen) atoms. The number of aromatic nitrogens is 4. The van der Waals surface area contributed by atoms with Crippen LogP contribution in [-0.4, -0.2) is 45.3 Å². The Bertz CT molecular complexity index is 1620. The fourth-order valence-corrected chi connectivity index (χ4v) is 6.87. The lowest BCUT2D eigenvalue weighted by Gasteiger charge is -2.31. The van der Waals surface area contributed by atoms with Crippen LogP contribution in [0.4, 0.5) is 5.69 Å². The molecule has 4 rings (SSSR count). The number of halogens is 1. The van der Waals surface area contributed by atoms with Gasteiger partial charge in [0, 0.05) is 18.6 Å². The third-order valence-corrected chi connectivity index (χ3v) is 8.89. The van der Waals surface area contributed by atoms with Crippen LogP contribution in [0.5, 0.6) is 0 Å². The molecule has 2 aromatic carbocycles. The number of benzene rings is 2. The normalized spacial score (nSPS) is 12.8. The first-order valence-corrected chi connectivity index (χ1v) is 14.2. The van der Waals surface area contributed by atoms with Crippen molar-refractivity contribution in [2.75, 3.05) is 18.5 Å². The Kier molecular flexibility index (Phi) is 8.22. The Balaban J connectivity index is 1.98. The Hall–Kier alpha value is -3.25. The summed E-state index contributed by atoms with van der Waals surface area (Å²) in [6.45, 7) is 5.69. The third kappa shape index (κ3) is 5.19. The van der Waals surface area contributed by atoms with E-state index in [1.807, 2.05) is 37.3 Å². The van der Waals surface area contributed by atoms with Crippen LogP contribution in [-0.2, 0) is 17.1 Å². The molecule has 0 aliphatic heterocycles. The number of nitrogens with one attached hydrogen (secondary N) is 1. The lowest BCUT2D eigenvalue weighted by Crippen LogP contribution is -2.41. The van der Waals surface area contributed by atoms with Crippen molar-refractivity contribution in [3.8, 4) is 0 Å². The number of fused-ring (bicyclic) bond motifs is 1. The first-order chi connectivity index (χ1) is 18.1. The summed E-state index contributed by atoms with van der Waals surface area (Å²) in [4.78, 5) is 18.7. The van der Waals surface area contributed by atoms with Crippen LogP contribution in [0.1, 0.15) is 43.0 Å². The molecule has 2 aromatic heterocycles. The molecule has 0 amide bonds. The summed E-state index contributed by atoms with van der Waals surface area (Å²) in [6.07, 6.45) is 0.765. The number of para-hydroxylation sites is 1. The van der Waals surface area contributed by atoms with Gasteiger partial charge in [-0.05, 0) is 63.6 Å². The lowest BCUT2D eigenvalue weighted by molar-refractivity contribution is 0.297. The maximum atomic E-state index is 14.2. The monoisotopic (exact) mass is 557 g/mol. The second-order valence-electron chi connectivity index (χ2n) is 9.06. The molecule has 1 atom stereocenters. The van der Waals surface area contributed by atoms with Crippen LogP contribution >= 0.6 is 11.6 Å². The zero-order chi connectivity index (χ0) is 27.6. The van der Waals surface area contributed by atoms with Crippen molar-refractivity contribution >= 4 is 38.2 Å².